The molecule has 0 unspecified atom stereocenters. The van der Waals surface area contributed by atoms with E-state index >= 15 is 0 Å². The van der Waals surface area contributed by atoms with Crippen LogP contribution < -0.4 is 4.74 Å². The number of methoxy groups -OCH3 is 1. The van der Waals surface area contributed by atoms with Gasteiger partial charge in [-0.05, 0) is 29.8 Å². The third-order valence-corrected chi connectivity index (χ3v) is 3.56. The van der Waals surface area contributed by atoms with Crippen LogP contribution in [0.25, 0.3) is 11.3 Å². The van der Waals surface area contributed by atoms with E-state index in [1.807, 2.05) is 0 Å². The number of ether oxygens (including phenoxy) is 1. The number of hydrogen-bond donors (Lipinski definition) is 0. The van der Waals surface area contributed by atoms with E-state index in [0.29, 0.717) is 18.0 Å². The maximum Gasteiger partial charge on any atom is 0.419 e. The van der Waals surface area contributed by atoms with Crippen molar-refractivity contribution in [3.63, 3.8) is 0 Å². The zero-order chi connectivity index (χ0) is 18.0. The van der Waals surface area contributed by atoms with Gasteiger partial charge in [-0.2, -0.15) is 18.3 Å². The van der Waals surface area contributed by atoms with E-state index in [1.54, 1.807) is 35.4 Å². The van der Waals surface area contributed by atoms with Crippen molar-refractivity contribution in [2.45, 2.75) is 12.7 Å². The van der Waals surface area contributed by atoms with E-state index in [2.05, 4.69) is 10.1 Å². The smallest absolute Gasteiger partial charge is 0.419 e. The second-order valence-corrected chi connectivity index (χ2v) is 5.32. The summed E-state index contributed by atoms with van der Waals surface area (Å²) in [7, 11) is 1.53. The number of hydrogen-bond acceptors (Lipinski definition) is 3. The van der Waals surface area contributed by atoms with Crippen molar-refractivity contribution in [2.24, 2.45) is 0 Å². The Labute approximate surface area is 140 Å². The van der Waals surface area contributed by atoms with Gasteiger partial charge in [0.15, 0.2) is 0 Å². The lowest BCUT2D eigenvalue weighted by atomic mass is 10.1. The molecule has 25 heavy (non-hydrogen) atoms. The molecule has 0 amide bonds. The predicted octanol–water partition coefficient (Wildman–Crippen LogP) is 4.16. The van der Waals surface area contributed by atoms with Crippen LogP contribution in [0.4, 0.5) is 17.6 Å². The van der Waals surface area contributed by atoms with Gasteiger partial charge in [0.1, 0.15) is 11.6 Å². The number of benzene rings is 1. The summed E-state index contributed by atoms with van der Waals surface area (Å²) >= 11 is 0. The first-order valence-corrected chi connectivity index (χ1v) is 7.25. The molecule has 0 aliphatic heterocycles. The van der Waals surface area contributed by atoms with Gasteiger partial charge in [0, 0.05) is 18.0 Å². The highest BCUT2D eigenvalue weighted by Crippen LogP contribution is 2.33. The van der Waals surface area contributed by atoms with Gasteiger partial charge < -0.3 is 4.74 Å². The van der Waals surface area contributed by atoms with Crippen LogP contribution in [-0.2, 0) is 12.7 Å². The Morgan fingerprint density at radius 3 is 2.60 bits per heavy atom. The van der Waals surface area contributed by atoms with Gasteiger partial charge in [-0.3, -0.25) is 9.67 Å². The zero-order valence-corrected chi connectivity index (χ0v) is 13.1. The maximum absolute atomic E-state index is 13.7. The summed E-state index contributed by atoms with van der Waals surface area (Å²) in [6, 6.07) is 6.16. The second kappa shape index (κ2) is 6.54. The molecule has 1 aromatic carbocycles. The first-order chi connectivity index (χ1) is 11.9. The molecule has 0 fully saturated rings. The first kappa shape index (κ1) is 16.9. The van der Waals surface area contributed by atoms with Crippen LogP contribution in [0.15, 0.2) is 48.9 Å². The van der Waals surface area contributed by atoms with Crippen molar-refractivity contribution in [3.8, 4) is 17.0 Å². The lowest BCUT2D eigenvalue weighted by Gasteiger charge is -2.08. The molecule has 0 atom stereocenters. The topological polar surface area (TPSA) is 39.9 Å². The van der Waals surface area contributed by atoms with E-state index < -0.39 is 17.6 Å². The molecule has 0 aliphatic rings. The highest BCUT2D eigenvalue weighted by molar-refractivity contribution is 5.59. The zero-order valence-electron chi connectivity index (χ0n) is 13.1. The summed E-state index contributed by atoms with van der Waals surface area (Å²) in [5.74, 6) is -0.716. The minimum absolute atomic E-state index is 0.271. The Hall–Kier alpha value is -2.90. The standard InChI is InChI=1S/C17H13F4N3O/c1-25-13-6-11(8-22-9-13)10-24-5-4-16(23-24)12-2-3-14(15(18)7-12)17(19,20)21/h2-9H,10H2,1H3. The van der Waals surface area contributed by atoms with Crippen LogP contribution >= 0.6 is 0 Å². The molecule has 0 spiro atoms. The van der Waals surface area contributed by atoms with E-state index in [-0.39, 0.29) is 5.56 Å². The molecule has 2 heterocycles. The van der Waals surface area contributed by atoms with Crippen LogP contribution in [0.3, 0.4) is 0 Å². The van der Waals surface area contributed by atoms with E-state index in [0.717, 1.165) is 17.7 Å². The van der Waals surface area contributed by atoms with Gasteiger partial charge in [-0.25, -0.2) is 4.39 Å². The second-order valence-electron chi connectivity index (χ2n) is 5.32. The fraction of sp³-hybridized carbons (Fsp3) is 0.176. The third kappa shape index (κ3) is 3.78. The van der Waals surface area contributed by atoms with Crippen molar-refractivity contribution in [1.29, 1.82) is 0 Å². The van der Waals surface area contributed by atoms with Crippen molar-refractivity contribution >= 4 is 0 Å². The summed E-state index contributed by atoms with van der Waals surface area (Å²) in [4.78, 5) is 4.04. The molecule has 3 rings (SSSR count). The number of alkyl halides is 3. The van der Waals surface area contributed by atoms with Crippen LogP contribution in [0.2, 0.25) is 0 Å². The van der Waals surface area contributed by atoms with Gasteiger partial charge >= 0.3 is 6.18 Å². The lowest BCUT2D eigenvalue weighted by Crippen LogP contribution is -2.08. The van der Waals surface area contributed by atoms with Crippen LogP contribution in [0.1, 0.15) is 11.1 Å². The molecular formula is C17H13F4N3O. The SMILES string of the molecule is COc1cncc(Cn2ccc(-c3ccc(C(F)(F)F)c(F)c3)n2)c1. The number of halogens is 4. The summed E-state index contributed by atoms with van der Waals surface area (Å²) in [5, 5.41) is 4.26. The highest BCUT2D eigenvalue weighted by Gasteiger charge is 2.34. The molecule has 0 N–H and O–H groups in total. The lowest BCUT2D eigenvalue weighted by molar-refractivity contribution is -0.139. The van der Waals surface area contributed by atoms with Crippen molar-refractivity contribution < 1.29 is 22.3 Å². The van der Waals surface area contributed by atoms with Crippen LogP contribution in [0.5, 0.6) is 5.75 Å². The van der Waals surface area contributed by atoms with Crippen molar-refractivity contribution in [2.75, 3.05) is 7.11 Å². The molecule has 0 saturated carbocycles. The minimum atomic E-state index is -4.72. The third-order valence-electron chi connectivity index (χ3n) is 3.56. The van der Waals surface area contributed by atoms with E-state index in [1.165, 1.54) is 13.2 Å². The fourth-order valence-electron chi connectivity index (χ4n) is 2.36. The minimum Gasteiger partial charge on any atom is -0.495 e. The van der Waals surface area contributed by atoms with Crippen LogP contribution in [0, 0.1) is 5.82 Å². The number of nitrogens with zero attached hydrogens (tertiary/aromatic N) is 3. The molecule has 3 aromatic rings. The largest absolute Gasteiger partial charge is 0.495 e. The van der Waals surface area contributed by atoms with E-state index in [4.69, 9.17) is 4.74 Å². The average Bonchev–Trinajstić information content (AvgIpc) is 3.02. The van der Waals surface area contributed by atoms with Gasteiger partial charge in [-0.1, -0.05) is 6.07 Å². The van der Waals surface area contributed by atoms with Gasteiger partial charge in [-0.15, -0.1) is 0 Å². The molecule has 0 bridgehead atoms. The molecule has 8 heteroatoms. The summed E-state index contributed by atoms with van der Waals surface area (Å²) in [5.41, 5.74) is 0.197. The Morgan fingerprint density at radius 1 is 1.12 bits per heavy atom. The summed E-state index contributed by atoms with van der Waals surface area (Å²) < 4.78 is 58.2. The molecule has 4 nitrogen and oxygen atoms in total. The Morgan fingerprint density at radius 2 is 1.92 bits per heavy atom. The van der Waals surface area contributed by atoms with Crippen LogP contribution in [-0.4, -0.2) is 21.9 Å². The van der Waals surface area contributed by atoms with Gasteiger partial charge in [0.2, 0.25) is 0 Å². The molecule has 2 aromatic heterocycles. The molecule has 0 aliphatic carbocycles. The quantitative estimate of drug-likeness (QED) is 0.663. The number of rotatable bonds is 4. The number of aromatic nitrogens is 3. The van der Waals surface area contributed by atoms with Gasteiger partial charge in [0.25, 0.3) is 0 Å². The molecular weight excluding hydrogens is 338 g/mol. The Bertz CT molecular complexity index is 890. The monoisotopic (exact) mass is 351 g/mol. The molecule has 0 radical (unpaired) electrons. The normalized spacial score (nSPS) is 11.6. The average molecular weight is 351 g/mol. The van der Waals surface area contributed by atoms with Crippen molar-refractivity contribution in [1.82, 2.24) is 14.8 Å². The highest BCUT2D eigenvalue weighted by atomic mass is 19.4. The van der Waals surface area contributed by atoms with Gasteiger partial charge in [0.05, 0.1) is 31.1 Å². The predicted molar refractivity (Wildman–Crippen MR) is 82.5 cm³/mol. The first-order valence-electron chi connectivity index (χ1n) is 7.25. The van der Waals surface area contributed by atoms with E-state index in [9.17, 15) is 17.6 Å². The number of pyridine rings is 1. The fourth-order valence-corrected chi connectivity index (χ4v) is 2.36. The maximum atomic E-state index is 13.7. The summed E-state index contributed by atoms with van der Waals surface area (Å²) in [6.07, 6.45) is 0.163. The molecule has 0 saturated heterocycles. The molecule has 130 valence electrons. The van der Waals surface area contributed by atoms with Crippen molar-refractivity contribution in [3.05, 3.63) is 65.9 Å². The Kier molecular flexibility index (Phi) is 4.43. The summed E-state index contributed by atoms with van der Waals surface area (Å²) in [6.45, 7) is 0.396. The Balaban J connectivity index is 1.82.